The number of alkyl halides is 3. The van der Waals surface area contributed by atoms with Gasteiger partial charge in [-0.05, 0) is 30.3 Å². The molecule has 1 aliphatic heterocycles. The average Bonchev–Trinajstić information content (AvgIpc) is 3.09. The van der Waals surface area contributed by atoms with Crippen LogP contribution in [0.1, 0.15) is 16.1 Å². The van der Waals surface area contributed by atoms with Gasteiger partial charge in [0.2, 0.25) is 10.0 Å². The molecule has 6 nitrogen and oxygen atoms in total. The van der Waals surface area contributed by atoms with E-state index in [1.54, 1.807) is 22.6 Å². The summed E-state index contributed by atoms with van der Waals surface area (Å²) in [6.45, 7) is 0.197. The molecule has 11 heteroatoms. The maximum absolute atomic E-state index is 13.1. The number of amides is 1. The van der Waals surface area contributed by atoms with Crippen LogP contribution in [0, 0.1) is 0 Å². The van der Waals surface area contributed by atoms with Crippen molar-refractivity contribution in [1.29, 1.82) is 0 Å². The number of halogens is 4. The molecule has 32 heavy (non-hydrogen) atoms. The number of para-hydroxylation sites is 1. The Morgan fingerprint density at radius 2 is 1.66 bits per heavy atom. The van der Waals surface area contributed by atoms with Crippen LogP contribution in [0.3, 0.4) is 0 Å². The van der Waals surface area contributed by atoms with Gasteiger partial charge in [0, 0.05) is 44.1 Å². The minimum absolute atomic E-state index is 0.0258. The van der Waals surface area contributed by atoms with E-state index in [-0.39, 0.29) is 32.1 Å². The molecule has 0 spiro atoms. The summed E-state index contributed by atoms with van der Waals surface area (Å²) in [4.78, 5) is 14.1. The minimum Gasteiger partial charge on any atom is -0.340 e. The van der Waals surface area contributed by atoms with Crippen LogP contribution >= 0.6 is 11.6 Å². The predicted octanol–water partition coefficient (Wildman–Crippen LogP) is 4.00. The molecule has 0 bridgehead atoms. The van der Waals surface area contributed by atoms with Crippen molar-refractivity contribution in [2.45, 2.75) is 11.1 Å². The normalized spacial score (nSPS) is 16.0. The quantitative estimate of drug-likeness (QED) is 0.563. The van der Waals surface area contributed by atoms with E-state index in [0.29, 0.717) is 11.8 Å². The van der Waals surface area contributed by atoms with E-state index in [0.717, 1.165) is 27.3 Å². The molecule has 4 rings (SSSR count). The Kier molecular flexibility index (Phi) is 5.72. The van der Waals surface area contributed by atoms with Crippen molar-refractivity contribution in [3.05, 3.63) is 64.8 Å². The number of carbonyl (C=O) groups excluding carboxylic acids is 1. The molecule has 0 radical (unpaired) electrons. The van der Waals surface area contributed by atoms with Gasteiger partial charge in [0.1, 0.15) is 5.69 Å². The molecule has 2 aromatic carbocycles. The van der Waals surface area contributed by atoms with Gasteiger partial charge in [-0.3, -0.25) is 4.79 Å². The third-order valence-corrected chi connectivity index (χ3v) is 7.80. The molecule has 2 heterocycles. The number of nitrogens with zero attached hydrogens (tertiary/aromatic N) is 3. The van der Waals surface area contributed by atoms with Crippen LogP contribution in [0.5, 0.6) is 0 Å². The number of aromatic nitrogens is 1. The van der Waals surface area contributed by atoms with Crippen molar-refractivity contribution in [1.82, 2.24) is 13.8 Å². The lowest BCUT2D eigenvalue weighted by Gasteiger charge is -2.34. The summed E-state index contributed by atoms with van der Waals surface area (Å²) < 4.78 is 68.1. The highest BCUT2D eigenvalue weighted by molar-refractivity contribution is 7.89. The third kappa shape index (κ3) is 3.98. The molecule has 170 valence electrons. The largest absolute Gasteiger partial charge is 0.417 e. The average molecular weight is 486 g/mol. The first-order valence-electron chi connectivity index (χ1n) is 9.71. The second-order valence-electron chi connectivity index (χ2n) is 7.48. The zero-order chi connectivity index (χ0) is 23.3. The third-order valence-electron chi connectivity index (χ3n) is 5.58. The molecule has 1 aliphatic rings. The Hall–Kier alpha value is -2.56. The molecule has 0 unspecified atom stereocenters. The highest BCUT2D eigenvalue weighted by Gasteiger charge is 2.36. The molecule has 1 aromatic heterocycles. The first-order valence-corrected chi connectivity index (χ1v) is 11.5. The molecular formula is C21H19ClF3N3O3S. The van der Waals surface area contributed by atoms with Crippen molar-refractivity contribution in [3.63, 3.8) is 0 Å². The molecule has 0 saturated carbocycles. The Labute approximate surface area is 187 Å². The fraction of sp³-hybridized carbons (Fsp3) is 0.286. The van der Waals surface area contributed by atoms with Gasteiger partial charge in [-0.1, -0.05) is 29.8 Å². The summed E-state index contributed by atoms with van der Waals surface area (Å²) in [5.41, 5.74) is 0.181. The van der Waals surface area contributed by atoms with Gasteiger partial charge in [-0.25, -0.2) is 8.42 Å². The summed E-state index contributed by atoms with van der Waals surface area (Å²) in [6.07, 6.45) is -4.77. The predicted molar refractivity (Wildman–Crippen MR) is 114 cm³/mol. The first-order chi connectivity index (χ1) is 15.0. The maximum atomic E-state index is 13.1. The number of carbonyl (C=O) groups is 1. The van der Waals surface area contributed by atoms with Crippen molar-refractivity contribution in [3.8, 4) is 0 Å². The molecule has 1 fully saturated rings. The number of aryl methyl sites for hydroxylation is 1. The van der Waals surface area contributed by atoms with Gasteiger partial charge in [0.05, 0.1) is 15.5 Å². The zero-order valence-corrected chi connectivity index (χ0v) is 18.5. The van der Waals surface area contributed by atoms with Gasteiger partial charge in [0.25, 0.3) is 5.91 Å². The second kappa shape index (κ2) is 8.09. The van der Waals surface area contributed by atoms with Crippen LogP contribution in [-0.2, 0) is 23.2 Å². The van der Waals surface area contributed by atoms with Crippen molar-refractivity contribution in [2.75, 3.05) is 26.2 Å². The van der Waals surface area contributed by atoms with Crippen molar-refractivity contribution >= 4 is 38.4 Å². The Morgan fingerprint density at radius 3 is 2.28 bits per heavy atom. The van der Waals surface area contributed by atoms with E-state index in [4.69, 9.17) is 11.6 Å². The molecule has 0 aliphatic carbocycles. The van der Waals surface area contributed by atoms with Gasteiger partial charge < -0.3 is 9.47 Å². The highest BCUT2D eigenvalue weighted by Crippen LogP contribution is 2.36. The first kappa shape index (κ1) is 22.6. The van der Waals surface area contributed by atoms with Crippen LogP contribution in [0.15, 0.2) is 53.4 Å². The number of rotatable bonds is 3. The van der Waals surface area contributed by atoms with Crippen molar-refractivity contribution < 1.29 is 26.4 Å². The van der Waals surface area contributed by atoms with Gasteiger partial charge >= 0.3 is 6.18 Å². The summed E-state index contributed by atoms with van der Waals surface area (Å²) >= 11 is 5.60. The lowest BCUT2D eigenvalue weighted by Crippen LogP contribution is -2.50. The number of fused-ring (bicyclic) bond motifs is 1. The van der Waals surface area contributed by atoms with Gasteiger partial charge in [0.15, 0.2) is 0 Å². The van der Waals surface area contributed by atoms with Crippen LogP contribution in [0.4, 0.5) is 13.2 Å². The summed E-state index contributed by atoms with van der Waals surface area (Å²) in [6, 6.07) is 11.9. The van der Waals surface area contributed by atoms with E-state index in [1.807, 2.05) is 24.3 Å². The SMILES string of the molecule is Cn1c(C(=O)N2CCN(S(=O)(=O)c3ccc(Cl)c(C(F)(F)F)c3)CC2)cc2ccccc21. The number of benzene rings is 2. The maximum Gasteiger partial charge on any atom is 0.417 e. The number of hydrogen-bond acceptors (Lipinski definition) is 3. The van der Waals surface area contributed by atoms with Crippen LogP contribution < -0.4 is 0 Å². The zero-order valence-electron chi connectivity index (χ0n) is 16.9. The van der Waals surface area contributed by atoms with Crippen LogP contribution in [0.2, 0.25) is 5.02 Å². The van der Waals surface area contributed by atoms with E-state index in [1.165, 1.54) is 0 Å². The summed E-state index contributed by atoms with van der Waals surface area (Å²) in [5, 5.41) is 0.351. The fourth-order valence-corrected chi connectivity index (χ4v) is 5.49. The van der Waals surface area contributed by atoms with Gasteiger partial charge in [-0.2, -0.15) is 17.5 Å². The minimum atomic E-state index is -4.77. The van der Waals surface area contributed by atoms with E-state index >= 15 is 0 Å². The molecule has 0 atom stereocenters. The monoisotopic (exact) mass is 485 g/mol. The fourth-order valence-electron chi connectivity index (χ4n) is 3.82. The summed E-state index contributed by atoms with van der Waals surface area (Å²) in [7, 11) is -2.39. The topological polar surface area (TPSA) is 62.6 Å². The highest BCUT2D eigenvalue weighted by atomic mass is 35.5. The molecule has 1 amide bonds. The standard InChI is InChI=1S/C21H19ClF3N3O3S/c1-26-18-5-3-2-4-14(18)12-19(26)20(29)27-8-10-28(11-9-27)32(30,31)15-6-7-17(22)16(13-15)21(23,24)25/h2-7,12-13H,8-11H2,1H3. The van der Waals surface area contributed by atoms with Crippen molar-refractivity contribution in [2.24, 2.45) is 7.05 Å². The lowest BCUT2D eigenvalue weighted by molar-refractivity contribution is -0.137. The Morgan fingerprint density at radius 1 is 1.00 bits per heavy atom. The Balaban J connectivity index is 1.52. The van der Waals surface area contributed by atoms with E-state index in [9.17, 15) is 26.4 Å². The summed E-state index contributed by atoms with van der Waals surface area (Å²) in [5.74, 6) is -0.230. The van der Waals surface area contributed by atoms with Gasteiger partial charge in [-0.15, -0.1) is 0 Å². The smallest absolute Gasteiger partial charge is 0.340 e. The van der Waals surface area contributed by atoms with Crippen LogP contribution in [0.25, 0.3) is 10.9 Å². The molecule has 1 saturated heterocycles. The number of sulfonamides is 1. The lowest BCUT2D eigenvalue weighted by atomic mass is 10.2. The van der Waals surface area contributed by atoms with E-state index < -0.39 is 31.7 Å². The molecule has 0 N–H and O–H groups in total. The van der Waals surface area contributed by atoms with E-state index in [2.05, 4.69) is 0 Å². The molecular weight excluding hydrogens is 467 g/mol. The molecule has 3 aromatic rings. The second-order valence-corrected chi connectivity index (χ2v) is 9.83. The Bertz CT molecular complexity index is 1300. The number of hydrogen-bond donors (Lipinski definition) is 0. The number of piperazine rings is 1. The van der Waals surface area contributed by atoms with Crippen LogP contribution in [-0.4, -0.2) is 54.3 Å².